The minimum atomic E-state index is -0.810. The van der Waals surface area contributed by atoms with E-state index in [0.29, 0.717) is 6.42 Å². The number of hydrogen-bond donors (Lipinski definition) is 1. The summed E-state index contributed by atoms with van der Waals surface area (Å²) in [6, 6.07) is 4.64. The fourth-order valence-electron chi connectivity index (χ4n) is 6.80. The lowest BCUT2D eigenvalue weighted by molar-refractivity contribution is -0.155. The number of thioether (sulfide) groups is 1. The first-order valence-electron chi connectivity index (χ1n) is 13.3. The number of aryl methyl sites for hydroxylation is 2. The number of amides is 2. The lowest BCUT2D eigenvalue weighted by Crippen LogP contribution is -2.58. The van der Waals surface area contributed by atoms with Gasteiger partial charge >= 0.3 is 5.97 Å². The van der Waals surface area contributed by atoms with E-state index in [9.17, 15) is 19.5 Å². The van der Waals surface area contributed by atoms with Crippen LogP contribution in [0.4, 0.5) is 5.69 Å². The van der Waals surface area contributed by atoms with Gasteiger partial charge in [-0.05, 0) is 63.6 Å². The maximum absolute atomic E-state index is 14.7. The van der Waals surface area contributed by atoms with Gasteiger partial charge in [0.2, 0.25) is 5.91 Å². The molecule has 3 aliphatic rings. The van der Waals surface area contributed by atoms with E-state index >= 15 is 0 Å². The van der Waals surface area contributed by atoms with Gasteiger partial charge in [-0.3, -0.25) is 14.4 Å². The Bertz CT molecular complexity index is 1110. The summed E-state index contributed by atoms with van der Waals surface area (Å²) in [4.78, 5) is 45.6. The van der Waals surface area contributed by atoms with Crippen LogP contribution in [0.5, 0.6) is 0 Å². The van der Waals surface area contributed by atoms with E-state index in [-0.39, 0.29) is 43.5 Å². The Morgan fingerprint density at radius 3 is 2.62 bits per heavy atom. The van der Waals surface area contributed by atoms with E-state index in [4.69, 9.17) is 4.74 Å². The molecule has 0 aromatic heterocycles. The van der Waals surface area contributed by atoms with Crippen LogP contribution in [0.25, 0.3) is 0 Å². The summed E-state index contributed by atoms with van der Waals surface area (Å²) in [5.41, 5.74) is 2.76. The summed E-state index contributed by atoms with van der Waals surface area (Å²) >= 11 is 1.62. The molecule has 3 heterocycles. The van der Waals surface area contributed by atoms with Crippen molar-refractivity contribution in [1.29, 1.82) is 0 Å². The van der Waals surface area contributed by atoms with Crippen molar-refractivity contribution >= 4 is 35.2 Å². The first-order valence-corrected chi connectivity index (χ1v) is 14.1. The SMILES string of the molecule is C=CCN(C(=O)C1N([C@@H](CO)C(C)C)C(=O)[C@@H]2[C@H](C(=O)OCC)[C@]3(C)CCC12S3)c1cc(C)ccc1C. The molecule has 4 rings (SSSR count). The van der Waals surface area contributed by atoms with Crippen molar-refractivity contribution in [3.05, 3.63) is 42.0 Å². The number of aliphatic hydroxyl groups excluding tert-OH is 1. The smallest absolute Gasteiger partial charge is 0.311 e. The van der Waals surface area contributed by atoms with Crippen molar-refractivity contribution in [2.24, 2.45) is 17.8 Å². The van der Waals surface area contributed by atoms with Gasteiger partial charge in [0.1, 0.15) is 6.04 Å². The minimum Gasteiger partial charge on any atom is -0.466 e. The molecule has 3 fully saturated rings. The Hall–Kier alpha value is -2.32. The molecule has 0 radical (unpaired) electrons. The standard InChI is InChI=1S/C29H40N2O5S/c1-8-14-30(20-15-18(5)10-11-19(20)6)26(34)24-29-13-12-28(7,37-29)23(27(35)36-9-2)22(29)25(33)31(24)21(16-32)17(3)4/h8,10-11,15,17,21-24,32H,1,9,12-14,16H2,2-7H3/t21-,22-,23+,24?,28-,29?/m0/s1. The van der Waals surface area contributed by atoms with Crippen LogP contribution < -0.4 is 4.90 Å². The van der Waals surface area contributed by atoms with Crippen LogP contribution in [0.1, 0.15) is 51.7 Å². The van der Waals surface area contributed by atoms with Gasteiger partial charge in [0.05, 0.1) is 35.8 Å². The number of benzene rings is 1. The lowest BCUT2D eigenvalue weighted by atomic mass is 9.66. The normalized spacial score (nSPS) is 31.0. The highest BCUT2D eigenvalue weighted by Crippen LogP contribution is 2.72. The molecule has 1 aromatic rings. The molecule has 202 valence electrons. The van der Waals surface area contributed by atoms with E-state index in [2.05, 4.69) is 6.58 Å². The zero-order valence-corrected chi connectivity index (χ0v) is 23.6. The van der Waals surface area contributed by atoms with Crippen LogP contribution >= 0.6 is 11.8 Å². The molecule has 0 aliphatic carbocycles. The largest absolute Gasteiger partial charge is 0.466 e. The molecule has 1 spiro atoms. The van der Waals surface area contributed by atoms with E-state index < -0.39 is 33.4 Å². The Morgan fingerprint density at radius 2 is 2.03 bits per heavy atom. The van der Waals surface area contributed by atoms with Crippen molar-refractivity contribution in [2.75, 3.05) is 24.7 Å². The maximum atomic E-state index is 14.7. The molecule has 8 heteroatoms. The van der Waals surface area contributed by atoms with Crippen molar-refractivity contribution in [3.63, 3.8) is 0 Å². The molecule has 2 amide bonds. The number of anilines is 1. The van der Waals surface area contributed by atoms with Gasteiger partial charge in [-0.2, -0.15) is 0 Å². The summed E-state index contributed by atoms with van der Waals surface area (Å²) in [6.45, 7) is 15.8. The van der Waals surface area contributed by atoms with E-state index in [1.165, 1.54) is 0 Å². The van der Waals surface area contributed by atoms with E-state index in [1.54, 1.807) is 34.6 Å². The number of nitrogens with zero attached hydrogens (tertiary/aromatic N) is 2. The third-order valence-electron chi connectivity index (χ3n) is 8.54. The number of likely N-dealkylation sites (tertiary alicyclic amines) is 1. The quantitative estimate of drug-likeness (QED) is 0.387. The summed E-state index contributed by atoms with van der Waals surface area (Å²) in [5, 5.41) is 10.4. The molecule has 0 saturated carbocycles. The zero-order chi connectivity index (χ0) is 27.3. The number of ether oxygens (including phenoxy) is 1. The number of esters is 1. The van der Waals surface area contributed by atoms with E-state index in [1.807, 2.05) is 52.8 Å². The fraction of sp³-hybridized carbons (Fsp3) is 0.621. The van der Waals surface area contributed by atoms with Crippen LogP contribution in [0, 0.1) is 31.6 Å². The number of carbonyl (C=O) groups is 3. The summed E-state index contributed by atoms with van der Waals surface area (Å²) < 4.78 is 4.22. The highest BCUT2D eigenvalue weighted by molar-refractivity contribution is 8.02. The van der Waals surface area contributed by atoms with Crippen molar-refractivity contribution in [3.8, 4) is 0 Å². The van der Waals surface area contributed by atoms with Crippen LogP contribution in [0.2, 0.25) is 0 Å². The molecule has 2 bridgehead atoms. The van der Waals surface area contributed by atoms with Gasteiger partial charge in [0.25, 0.3) is 5.91 Å². The highest BCUT2D eigenvalue weighted by atomic mass is 32.2. The third-order valence-corrected chi connectivity index (χ3v) is 10.5. The number of carbonyl (C=O) groups excluding carboxylic acids is 3. The number of fused-ring (bicyclic) bond motifs is 1. The molecular weight excluding hydrogens is 488 g/mol. The molecular formula is C29H40N2O5S. The summed E-state index contributed by atoms with van der Waals surface area (Å²) in [5.74, 6) is -2.15. The lowest BCUT2D eigenvalue weighted by Gasteiger charge is -2.41. The maximum Gasteiger partial charge on any atom is 0.311 e. The fourth-order valence-corrected chi connectivity index (χ4v) is 9.13. The van der Waals surface area contributed by atoms with Crippen LogP contribution in [0.15, 0.2) is 30.9 Å². The number of rotatable bonds is 9. The molecule has 1 N–H and O–H groups in total. The second-order valence-electron chi connectivity index (χ2n) is 11.2. The van der Waals surface area contributed by atoms with Gasteiger partial charge in [-0.15, -0.1) is 18.3 Å². The van der Waals surface area contributed by atoms with Crippen molar-refractivity contribution < 1.29 is 24.2 Å². The number of aliphatic hydroxyl groups is 1. The second-order valence-corrected chi connectivity index (χ2v) is 13.1. The predicted molar refractivity (Wildman–Crippen MR) is 146 cm³/mol. The molecule has 37 heavy (non-hydrogen) atoms. The Labute approximate surface area is 224 Å². The van der Waals surface area contributed by atoms with Gasteiger partial charge < -0.3 is 19.6 Å². The van der Waals surface area contributed by atoms with Gasteiger partial charge in [0, 0.05) is 17.0 Å². The molecule has 1 aromatic carbocycles. The number of hydrogen-bond acceptors (Lipinski definition) is 6. The molecule has 3 saturated heterocycles. The Kier molecular flexibility index (Phi) is 7.56. The van der Waals surface area contributed by atoms with Crippen molar-refractivity contribution in [2.45, 2.75) is 76.0 Å². The van der Waals surface area contributed by atoms with Gasteiger partial charge in [-0.25, -0.2) is 0 Å². The topological polar surface area (TPSA) is 87.2 Å². The minimum absolute atomic E-state index is 0.0770. The molecule has 2 unspecified atom stereocenters. The Balaban J connectivity index is 1.89. The van der Waals surface area contributed by atoms with Crippen LogP contribution in [0.3, 0.4) is 0 Å². The predicted octanol–water partition coefficient (Wildman–Crippen LogP) is 3.88. The molecule has 3 aliphatic heterocycles. The molecule has 6 atom stereocenters. The highest BCUT2D eigenvalue weighted by Gasteiger charge is 2.78. The summed E-state index contributed by atoms with van der Waals surface area (Å²) in [7, 11) is 0. The first-order chi connectivity index (χ1) is 17.5. The van der Waals surface area contributed by atoms with Gasteiger partial charge in [-0.1, -0.05) is 32.1 Å². The summed E-state index contributed by atoms with van der Waals surface area (Å²) in [6.07, 6.45) is 3.07. The average molecular weight is 529 g/mol. The van der Waals surface area contributed by atoms with Gasteiger partial charge in [0.15, 0.2) is 0 Å². The van der Waals surface area contributed by atoms with Crippen LogP contribution in [-0.4, -0.2) is 69.1 Å². The zero-order valence-electron chi connectivity index (χ0n) is 22.8. The third kappa shape index (κ3) is 4.20. The average Bonchev–Trinajstić information content (AvgIpc) is 3.40. The monoisotopic (exact) mass is 528 g/mol. The first kappa shape index (κ1) is 27.7. The van der Waals surface area contributed by atoms with E-state index in [0.717, 1.165) is 23.2 Å². The second kappa shape index (κ2) is 10.1. The van der Waals surface area contributed by atoms with Crippen LogP contribution in [-0.2, 0) is 19.1 Å². The van der Waals surface area contributed by atoms with Crippen molar-refractivity contribution in [1.82, 2.24) is 4.90 Å². The Morgan fingerprint density at radius 1 is 1.32 bits per heavy atom. The molecule has 7 nitrogen and oxygen atoms in total.